The van der Waals surface area contributed by atoms with Crippen LogP contribution in [0.5, 0.6) is 0 Å². The summed E-state index contributed by atoms with van der Waals surface area (Å²) in [7, 11) is -1.76. The molecule has 2 aromatic rings. The lowest BCUT2D eigenvalue weighted by atomic mass is 9.79. The summed E-state index contributed by atoms with van der Waals surface area (Å²) >= 11 is 3.26. The fourth-order valence-corrected chi connectivity index (χ4v) is 2.04. The second-order valence-corrected chi connectivity index (χ2v) is 4.99. The molecule has 0 saturated heterocycles. The molecule has 0 aromatic heterocycles. The molecular weight excluding hydrogens is 328 g/mol. The second-order valence-electron chi connectivity index (χ2n) is 4.08. The van der Waals surface area contributed by atoms with Gasteiger partial charge in [-0.1, -0.05) is 28.1 Å². The van der Waals surface area contributed by atoms with Gasteiger partial charge in [0.15, 0.2) is 0 Å². The molecular formula is C13H10BBrFNO3. The maximum atomic E-state index is 13.6. The van der Waals surface area contributed by atoms with Crippen molar-refractivity contribution in [1.82, 2.24) is 0 Å². The first-order valence-corrected chi connectivity index (χ1v) is 6.49. The summed E-state index contributed by atoms with van der Waals surface area (Å²) in [5, 5.41) is 20.6. The van der Waals surface area contributed by atoms with E-state index >= 15 is 0 Å². The van der Waals surface area contributed by atoms with E-state index in [-0.39, 0.29) is 11.0 Å². The number of rotatable bonds is 3. The summed E-state index contributed by atoms with van der Waals surface area (Å²) < 4.78 is 14.4. The molecule has 1 amide bonds. The van der Waals surface area contributed by atoms with E-state index in [4.69, 9.17) is 10.0 Å². The molecule has 0 fully saturated rings. The van der Waals surface area contributed by atoms with Gasteiger partial charge in [0.05, 0.1) is 5.56 Å². The monoisotopic (exact) mass is 337 g/mol. The molecule has 0 atom stereocenters. The van der Waals surface area contributed by atoms with Crippen LogP contribution in [0, 0.1) is 5.82 Å². The molecule has 4 nitrogen and oxygen atoms in total. The molecule has 20 heavy (non-hydrogen) atoms. The highest BCUT2D eigenvalue weighted by Crippen LogP contribution is 2.17. The molecule has 0 unspecified atom stereocenters. The van der Waals surface area contributed by atoms with E-state index < -0.39 is 18.8 Å². The van der Waals surface area contributed by atoms with Crippen molar-refractivity contribution in [3.8, 4) is 0 Å². The Morgan fingerprint density at radius 1 is 1.20 bits per heavy atom. The minimum Gasteiger partial charge on any atom is -0.423 e. The number of nitrogens with one attached hydrogen (secondary N) is 1. The van der Waals surface area contributed by atoms with Gasteiger partial charge < -0.3 is 15.4 Å². The summed E-state index contributed by atoms with van der Waals surface area (Å²) in [6, 6.07) is 10.2. The van der Waals surface area contributed by atoms with E-state index in [1.165, 1.54) is 6.07 Å². The molecule has 0 aliphatic heterocycles. The highest BCUT2D eigenvalue weighted by molar-refractivity contribution is 9.10. The summed E-state index contributed by atoms with van der Waals surface area (Å²) in [6.45, 7) is 0. The zero-order valence-electron chi connectivity index (χ0n) is 10.2. The Labute approximate surface area is 123 Å². The van der Waals surface area contributed by atoms with Gasteiger partial charge in [0.1, 0.15) is 5.82 Å². The number of carbonyl (C=O) groups excluding carboxylic acids is 1. The van der Waals surface area contributed by atoms with Crippen LogP contribution < -0.4 is 10.8 Å². The fourth-order valence-electron chi connectivity index (χ4n) is 1.64. The van der Waals surface area contributed by atoms with Crippen LogP contribution in [0.25, 0.3) is 0 Å². The van der Waals surface area contributed by atoms with Gasteiger partial charge >= 0.3 is 7.12 Å². The Bertz CT molecular complexity index is 651. The van der Waals surface area contributed by atoms with E-state index in [0.29, 0.717) is 5.69 Å². The zero-order chi connectivity index (χ0) is 14.7. The number of halogens is 2. The lowest BCUT2D eigenvalue weighted by Crippen LogP contribution is -2.31. The molecule has 0 aliphatic carbocycles. The largest absolute Gasteiger partial charge is 0.488 e. The molecule has 0 bridgehead atoms. The lowest BCUT2D eigenvalue weighted by Gasteiger charge is -2.08. The summed E-state index contributed by atoms with van der Waals surface area (Å²) in [6.07, 6.45) is 0. The van der Waals surface area contributed by atoms with Crippen molar-refractivity contribution in [3.05, 3.63) is 58.3 Å². The molecule has 0 saturated carbocycles. The van der Waals surface area contributed by atoms with Gasteiger partial charge in [-0.05, 0) is 35.8 Å². The molecule has 7 heteroatoms. The first-order chi connectivity index (χ1) is 9.47. The van der Waals surface area contributed by atoms with Crippen molar-refractivity contribution in [1.29, 1.82) is 0 Å². The third-order valence-corrected chi connectivity index (χ3v) is 3.11. The van der Waals surface area contributed by atoms with E-state index in [2.05, 4.69) is 21.2 Å². The number of hydrogen-bond acceptors (Lipinski definition) is 3. The number of anilines is 1. The summed E-state index contributed by atoms with van der Waals surface area (Å²) in [5.74, 6) is -1.40. The normalized spacial score (nSPS) is 10.2. The van der Waals surface area contributed by atoms with Gasteiger partial charge in [-0.2, -0.15) is 0 Å². The first kappa shape index (κ1) is 14.7. The third kappa shape index (κ3) is 3.44. The van der Waals surface area contributed by atoms with Crippen molar-refractivity contribution in [2.75, 3.05) is 5.32 Å². The van der Waals surface area contributed by atoms with Crippen LogP contribution in [-0.4, -0.2) is 23.1 Å². The van der Waals surface area contributed by atoms with E-state index in [1.807, 2.05) is 0 Å². The maximum Gasteiger partial charge on any atom is 0.488 e. The van der Waals surface area contributed by atoms with Crippen molar-refractivity contribution < 1.29 is 19.2 Å². The van der Waals surface area contributed by atoms with Crippen LogP contribution in [0.2, 0.25) is 0 Å². The van der Waals surface area contributed by atoms with Crippen LogP contribution >= 0.6 is 15.9 Å². The molecule has 0 heterocycles. The number of carbonyl (C=O) groups is 1. The molecule has 0 radical (unpaired) electrons. The number of benzene rings is 2. The van der Waals surface area contributed by atoms with Gasteiger partial charge in [-0.3, -0.25) is 4.79 Å². The Hall–Kier alpha value is -1.70. The fraction of sp³-hybridized carbons (Fsp3) is 0. The van der Waals surface area contributed by atoms with Crippen LogP contribution in [-0.2, 0) is 0 Å². The maximum absolute atomic E-state index is 13.6. The average molecular weight is 338 g/mol. The van der Waals surface area contributed by atoms with E-state index in [9.17, 15) is 9.18 Å². The van der Waals surface area contributed by atoms with Crippen molar-refractivity contribution in [2.45, 2.75) is 0 Å². The minimum absolute atomic E-state index is 0.0470. The predicted octanol–water partition coefficient (Wildman–Crippen LogP) is 1.52. The SMILES string of the molecule is O=C(Nc1cccc(Br)c1)c1cc(B(O)O)ccc1F. The van der Waals surface area contributed by atoms with Crippen LogP contribution in [0.1, 0.15) is 10.4 Å². The molecule has 2 aromatic carbocycles. The van der Waals surface area contributed by atoms with Gasteiger partial charge in [-0.15, -0.1) is 0 Å². The Balaban J connectivity index is 2.27. The highest BCUT2D eigenvalue weighted by atomic mass is 79.9. The quantitative estimate of drug-likeness (QED) is 0.744. The molecule has 0 aliphatic rings. The second kappa shape index (κ2) is 6.17. The van der Waals surface area contributed by atoms with Gasteiger partial charge in [0.25, 0.3) is 5.91 Å². The third-order valence-electron chi connectivity index (χ3n) is 2.62. The first-order valence-electron chi connectivity index (χ1n) is 5.70. The van der Waals surface area contributed by atoms with E-state index in [1.54, 1.807) is 24.3 Å². The number of hydrogen-bond donors (Lipinski definition) is 3. The summed E-state index contributed by atoms with van der Waals surface area (Å²) in [5.41, 5.74) is 0.292. The standard InChI is InChI=1S/C13H10BBrFNO3/c15-9-2-1-3-10(7-9)17-13(18)11-6-8(14(19)20)4-5-12(11)16/h1-7,19-20H,(H,17,18). The average Bonchev–Trinajstić information content (AvgIpc) is 2.38. The smallest absolute Gasteiger partial charge is 0.423 e. The van der Waals surface area contributed by atoms with Crippen LogP contribution in [0.15, 0.2) is 46.9 Å². The number of amides is 1. The predicted molar refractivity (Wildman–Crippen MR) is 78.3 cm³/mol. The van der Waals surface area contributed by atoms with E-state index in [0.717, 1.165) is 16.6 Å². The molecule has 2 rings (SSSR count). The Morgan fingerprint density at radius 2 is 1.95 bits per heavy atom. The van der Waals surface area contributed by atoms with Gasteiger partial charge in [0.2, 0.25) is 0 Å². The van der Waals surface area contributed by atoms with Crippen LogP contribution in [0.3, 0.4) is 0 Å². The molecule has 0 spiro atoms. The Morgan fingerprint density at radius 3 is 2.60 bits per heavy atom. The van der Waals surface area contributed by atoms with Crippen LogP contribution in [0.4, 0.5) is 10.1 Å². The van der Waals surface area contributed by atoms with Gasteiger partial charge in [0, 0.05) is 10.2 Å². The lowest BCUT2D eigenvalue weighted by molar-refractivity contribution is 0.102. The van der Waals surface area contributed by atoms with Crippen molar-refractivity contribution in [3.63, 3.8) is 0 Å². The summed E-state index contributed by atoms with van der Waals surface area (Å²) in [4.78, 5) is 12.0. The minimum atomic E-state index is -1.76. The molecule has 3 N–H and O–H groups in total. The van der Waals surface area contributed by atoms with Crippen molar-refractivity contribution in [2.24, 2.45) is 0 Å². The zero-order valence-corrected chi connectivity index (χ0v) is 11.8. The van der Waals surface area contributed by atoms with Crippen molar-refractivity contribution >= 4 is 40.1 Å². The highest BCUT2D eigenvalue weighted by Gasteiger charge is 2.17. The Kier molecular flexibility index (Phi) is 4.54. The molecule has 102 valence electrons. The topological polar surface area (TPSA) is 69.6 Å². The van der Waals surface area contributed by atoms with Gasteiger partial charge in [-0.25, -0.2) is 4.39 Å².